The Labute approximate surface area is 220 Å². The summed E-state index contributed by atoms with van der Waals surface area (Å²) in [5, 5.41) is 7.68. The second-order valence-corrected chi connectivity index (χ2v) is 11.0. The Bertz CT molecular complexity index is 1340. The van der Waals surface area contributed by atoms with Gasteiger partial charge in [0.15, 0.2) is 0 Å². The van der Waals surface area contributed by atoms with Crippen molar-refractivity contribution in [2.75, 3.05) is 18.2 Å². The molecular weight excluding hydrogens is 529 g/mol. The lowest BCUT2D eigenvalue weighted by Gasteiger charge is -2.25. The minimum atomic E-state index is -3.84. The predicted octanol–water partition coefficient (Wildman–Crippen LogP) is 6.64. The van der Waals surface area contributed by atoms with E-state index in [2.05, 4.69) is 4.72 Å². The molecule has 3 aromatic carbocycles. The fourth-order valence-electron chi connectivity index (χ4n) is 3.99. The molecule has 10 heteroatoms. The Morgan fingerprint density at radius 1 is 1.06 bits per heavy atom. The molecule has 1 atom stereocenters. The molecule has 35 heavy (non-hydrogen) atoms. The number of anilines is 1. The zero-order valence-corrected chi connectivity index (χ0v) is 22.2. The van der Waals surface area contributed by atoms with Crippen molar-refractivity contribution in [3.63, 3.8) is 0 Å². The summed E-state index contributed by atoms with van der Waals surface area (Å²) >= 11 is 18.8. The summed E-state index contributed by atoms with van der Waals surface area (Å²) < 4.78 is 34.2. The van der Waals surface area contributed by atoms with Gasteiger partial charge in [-0.25, -0.2) is 13.1 Å². The second-order valence-electron chi connectivity index (χ2n) is 8.04. The van der Waals surface area contributed by atoms with E-state index in [0.29, 0.717) is 40.0 Å². The summed E-state index contributed by atoms with van der Waals surface area (Å²) in [4.78, 5) is 0.0703. The number of nitrogens with one attached hydrogen (secondary N) is 1. The van der Waals surface area contributed by atoms with Crippen molar-refractivity contribution in [1.29, 1.82) is 0 Å². The lowest BCUT2D eigenvalue weighted by Crippen LogP contribution is -2.30. The Hall–Kier alpha value is -2.29. The van der Waals surface area contributed by atoms with Crippen molar-refractivity contribution in [2.24, 2.45) is 5.10 Å². The predicted molar refractivity (Wildman–Crippen MR) is 143 cm³/mol. The maximum atomic E-state index is 13.0. The van der Waals surface area contributed by atoms with Gasteiger partial charge in [-0.3, -0.25) is 5.01 Å². The minimum absolute atomic E-state index is 0.0300. The van der Waals surface area contributed by atoms with Gasteiger partial charge in [0, 0.05) is 11.4 Å². The molecule has 0 aliphatic carbocycles. The van der Waals surface area contributed by atoms with Crippen LogP contribution in [0.4, 0.5) is 5.69 Å². The number of rotatable bonds is 8. The van der Waals surface area contributed by atoms with Crippen LogP contribution in [0.5, 0.6) is 5.75 Å². The fraction of sp³-hybridized carbons (Fsp3) is 0.240. The van der Waals surface area contributed by atoms with Gasteiger partial charge in [0.2, 0.25) is 10.0 Å². The average molecular weight is 553 g/mol. The van der Waals surface area contributed by atoms with Crippen LogP contribution < -0.4 is 14.5 Å². The number of halogens is 3. The zero-order valence-electron chi connectivity index (χ0n) is 19.1. The molecule has 1 unspecified atom stereocenters. The Balaban J connectivity index is 1.62. The summed E-state index contributed by atoms with van der Waals surface area (Å²) in [6.45, 7) is 4.25. The van der Waals surface area contributed by atoms with Crippen LogP contribution in [0.15, 0.2) is 70.7 Å². The Morgan fingerprint density at radius 3 is 2.46 bits per heavy atom. The second kappa shape index (κ2) is 10.8. The Kier molecular flexibility index (Phi) is 7.93. The smallest absolute Gasteiger partial charge is 0.242 e. The monoisotopic (exact) mass is 551 g/mol. The van der Waals surface area contributed by atoms with E-state index in [4.69, 9.17) is 44.6 Å². The SMILES string of the molecule is CCOc1ccc(C2CC(CNS(=O)(=O)c3c(C)cccc3Cl)=NN2c2ccc(Cl)cc2Cl)cc1. The molecule has 0 saturated heterocycles. The number of hydrazone groups is 1. The molecule has 1 aliphatic rings. The zero-order chi connectivity index (χ0) is 25.2. The van der Waals surface area contributed by atoms with E-state index in [1.807, 2.05) is 31.2 Å². The first kappa shape index (κ1) is 25.8. The van der Waals surface area contributed by atoms with E-state index in [9.17, 15) is 8.42 Å². The Morgan fingerprint density at radius 2 is 1.80 bits per heavy atom. The highest BCUT2D eigenvalue weighted by molar-refractivity contribution is 7.89. The van der Waals surface area contributed by atoms with Crippen LogP contribution in [-0.2, 0) is 10.0 Å². The van der Waals surface area contributed by atoms with Gasteiger partial charge in [0.05, 0.1) is 40.6 Å². The summed E-state index contributed by atoms with van der Waals surface area (Å²) in [7, 11) is -3.84. The quantitative estimate of drug-likeness (QED) is 0.340. The van der Waals surface area contributed by atoms with Crippen LogP contribution in [0.25, 0.3) is 0 Å². The van der Waals surface area contributed by atoms with Gasteiger partial charge in [-0.2, -0.15) is 5.10 Å². The molecule has 0 saturated carbocycles. The van der Waals surface area contributed by atoms with Crippen LogP contribution in [0.1, 0.15) is 30.5 Å². The van der Waals surface area contributed by atoms with Gasteiger partial charge in [0.25, 0.3) is 0 Å². The molecule has 1 N–H and O–H groups in total. The molecule has 0 radical (unpaired) electrons. The summed E-state index contributed by atoms with van der Waals surface area (Å²) in [5.41, 5.74) is 2.89. The van der Waals surface area contributed by atoms with Gasteiger partial charge in [-0.05, 0) is 61.4 Å². The van der Waals surface area contributed by atoms with E-state index in [0.717, 1.165) is 11.3 Å². The molecule has 3 aromatic rings. The third kappa shape index (κ3) is 5.76. The van der Waals surface area contributed by atoms with E-state index in [1.54, 1.807) is 48.3 Å². The molecule has 0 bridgehead atoms. The largest absolute Gasteiger partial charge is 0.494 e. The summed E-state index contributed by atoms with van der Waals surface area (Å²) in [5.74, 6) is 0.773. The van der Waals surface area contributed by atoms with Crippen molar-refractivity contribution in [2.45, 2.75) is 31.2 Å². The number of ether oxygens (including phenoxy) is 1. The fourth-order valence-corrected chi connectivity index (χ4v) is 6.33. The molecule has 1 heterocycles. The molecule has 6 nitrogen and oxygen atoms in total. The van der Waals surface area contributed by atoms with Gasteiger partial charge in [-0.1, -0.05) is 59.1 Å². The van der Waals surface area contributed by atoms with E-state index < -0.39 is 10.0 Å². The number of nitrogens with zero attached hydrogens (tertiary/aromatic N) is 2. The van der Waals surface area contributed by atoms with Crippen molar-refractivity contribution in [1.82, 2.24) is 4.72 Å². The van der Waals surface area contributed by atoms with Crippen molar-refractivity contribution >= 4 is 56.2 Å². The van der Waals surface area contributed by atoms with Crippen LogP contribution in [0.3, 0.4) is 0 Å². The van der Waals surface area contributed by atoms with Crippen LogP contribution in [0.2, 0.25) is 15.1 Å². The van der Waals surface area contributed by atoms with Crippen molar-refractivity contribution in [3.8, 4) is 5.75 Å². The van der Waals surface area contributed by atoms with Crippen LogP contribution in [-0.4, -0.2) is 27.3 Å². The van der Waals surface area contributed by atoms with E-state index in [-0.39, 0.29) is 22.5 Å². The first-order valence-corrected chi connectivity index (χ1v) is 13.6. The van der Waals surface area contributed by atoms with Crippen LogP contribution in [0, 0.1) is 6.92 Å². The van der Waals surface area contributed by atoms with Gasteiger partial charge >= 0.3 is 0 Å². The van der Waals surface area contributed by atoms with Crippen molar-refractivity contribution in [3.05, 3.63) is 86.9 Å². The highest BCUT2D eigenvalue weighted by Crippen LogP contribution is 2.40. The first-order chi connectivity index (χ1) is 16.7. The molecular formula is C25H24Cl3N3O3S. The average Bonchev–Trinajstić information content (AvgIpc) is 3.22. The summed E-state index contributed by atoms with van der Waals surface area (Å²) in [6.07, 6.45) is 0.497. The number of hydrogen-bond acceptors (Lipinski definition) is 5. The number of aryl methyl sites for hydroxylation is 1. The third-order valence-electron chi connectivity index (χ3n) is 5.60. The molecule has 0 spiro atoms. The number of benzene rings is 3. The number of hydrogen-bond donors (Lipinski definition) is 1. The van der Waals surface area contributed by atoms with Gasteiger partial charge in [-0.15, -0.1) is 0 Å². The molecule has 4 rings (SSSR count). The van der Waals surface area contributed by atoms with E-state index in [1.165, 1.54) is 0 Å². The maximum absolute atomic E-state index is 13.0. The maximum Gasteiger partial charge on any atom is 0.242 e. The molecule has 1 aliphatic heterocycles. The number of sulfonamides is 1. The summed E-state index contributed by atoms with van der Waals surface area (Å²) in [6, 6.07) is 17.8. The third-order valence-corrected chi connectivity index (χ3v) is 8.17. The highest BCUT2D eigenvalue weighted by Gasteiger charge is 2.31. The van der Waals surface area contributed by atoms with Crippen molar-refractivity contribution < 1.29 is 13.2 Å². The van der Waals surface area contributed by atoms with E-state index >= 15 is 0 Å². The highest BCUT2D eigenvalue weighted by atomic mass is 35.5. The molecule has 0 fully saturated rings. The molecule has 0 amide bonds. The van der Waals surface area contributed by atoms with Gasteiger partial charge < -0.3 is 4.74 Å². The topological polar surface area (TPSA) is 71.0 Å². The minimum Gasteiger partial charge on any atom is -0.494 e. The lowest BCUT2D eigenvalue weighted by molar-refractivity contribution is 0.340. The van der Waals surface area contributed by atoms with Crippen LogP contribution >= 0.6 is 34.8 Å². The molecule has 184 valence electrons. The normalized spacial score (nSPS) is 15.9. The standard InChI is InChI=1S/C25H24Cl3N3O3S/c1-3-34-20-10-7-17(8-11-20)24-14-19(30-31(24)23-12-9-18(26)13-22(23)28)15-29-35(32,33)25-16(2)5-4-6-21(25)27/h4-13,24,29H,3,14-15H2,1-2H3. The lowest BCUT2D eigenvalue weighted by atomic mass is 10.0. The first-order valence-electron chi connectivity index (χ1n) is 11.0. The van der Waals surface area contributed by atoms with Gasteiger partial charge in [0.1, 0.15) is 10.6 Å². The molecule has 0 aromatic heterocycles.